The Labute approximate surface area is 197 Å². The molecule has 168 valence electrons. The van der Waals surface area contributed by atoms with Crippen molar-refractivity contribution in [2.24, 2.45) is 0 Å². The zero-order chi connectivity index (χ0) is 23.5. The lowest BCUT2D eigenvalue weighted by Crippen LogP contribution is -2.15. The lowest BCUT2D eigenvalue weighted by Gasteiger charge is -2.07. The maximum atomic E-state index is 12.8. The molecule has 2 aromatic heterocycles. The highest BCUT2D eigenvalue weighted by Gasteiger charge is 2.19. The third-order valence-corrected chi connectivity index (χ3v) is 5.75. The van der Waals surface area contributed by atoms with Crippen molar-refractivity contribution in [2.45, 2.75) is 13.8 Å². The van der Waals surface area contributed by atoms with Crippen LogP contribution < -0.4 is 10.1 Å². The Morgan fingerprint density at radius 3 is 2.70 bits per heavy atom. The minimum atomic E-state index is -0.633. The fraction of sp³-hybridized carbons (Fsp3) is 0.136. The van der Waals surface area contributed by atoms with Crippen LogP contribution >= 0.6 is 22.9 Å². The predicted octanol–water partition coefficient (Wildman–Crippen LogP) is 5.52. The Kier molecular flexibility index (Phi) is 6.38. The Balaban J connectivity index is 1.59. The van der Waals surface area contributed by atoms with Gasteiger partial charge in [-0.05, 0) is 50.2 Å². The van der Waals surface area contributed by atoms with Crippen LogP contribution in [0.4, 0.5) is 11.5 Å². The Hall–Kier alpha value is -3.76. The van der Waals surface area contributed by atoms with Crippen molar-refractivity contribution in [3.63, 3.8) is 0 Å². The smallest absolute Gasteiger partial charge is 0.288 e. The molecule has 2 heterocycles. The molecule has 0 saturated heterocycles. The SMILES string of the molecule is CCOc1ccc(-c2csc(-n3nc(C)cc3NC(=O)c3ccc(Cl)c([N+](=O)[O-])c3)n2)cc1. The van der Waals surface area contributed by atoms with Gasteiger partial charge in [-0.25, -0.2) is 4.98 Å². The van der Waals surface area contributed by atoms with Crippen LogP contribution in [0.25, 0.3) is 16.4 Å². The maximum absolute atomic E-state index is 12.8. The molecule has 1 amide bonds. The molecule has 4 aromatic rings. The summed E-state index contributed by atoms with van der Waals surface area (Å²) in [5, 5.41) is 20.7. The number of nitro benzene ring substituents is 1. The van der Waals surface area contributed by atoms with Gasteiger partial charge in [0.15, 0.2) is 0 Å². The number of ether oxygens (including phenoxy) is 1. The van der Waals surface area contributed by atoms with Crippen LogP contribution in [0.2, 0.25) is 5.02 Å². The molecule has 1 N–H and O–H groups in total. The van der Waals surface area contributed by atoms with Crippen molar-refractivity contribution >= 4 is 40.4 Å². The Morgan fingerprint density at radius 1 is 1.24 bits per heavy atom. The number of aryl methyl sites for hydroxylation is 1. The van der Waals surface area contributed by atoms with E-state index in [0.29, 0.717) is 23.3 Å². The second kappa shape index (κ2) is 9.39. The second-order valence-electron chi connectivity index (χ2n) is 6.93. The van der Waals surface area contributed by atoms with Crippen LogP contribution in [0.5, 0.6) is 5.75 Å². The summed E-state index contributed by atoms with van der Waals surface area (Å²) in [6.07, 6.45) is 0. The van der Waals surface area contributed by atoms with E-state index in [-0.39, 0.29) is 16.3 Å². The minimum Gasteiger partial charge on any atom is -0.494 e. The maximum Gasteiger partial charge on any atom is 0.288 e. The first kappa shape index (κ1) is 22.4. The fourth-order valence-corrected chi connectivity index (χ4v) is 4.08. The first-order chi connectivity index (χ1) is 15.9. The van der Waals surface area contributed by atoms with E-state index >= 15 is 0 Å². The number of benzene rings is 2. The zero-order valence-electron chi connectivity index (χ0n) is 17.6. The second-order valence-corrected chi connectivity index (χ2v) is 8.18. The van der Waals surface area contributed by atoms with Crippen molar-refractivity contribution in [1.82, 2.24) is 14.8 Å². The fourth-order valence-electron chi connectivity index (χ4n) is 3.10. The number of carbonyl (C=O) groups excluding carboxylic acids is 1. The molecule has 0 aliphatic rings. The van der Waals surface area contributed by atoms with Gasteiger partial charge in [-0.1, -0.05) is 11.6 Å². The van der Waals surface area contributed by atoms with Gasteiger partial charge < -0.3 is 10.1 Å². The number of nitrogens with one attached hydrogen (secondary N) is 1. The molecule has 0 aliphatic carbocycles. The van der Waals surface area contributed by atoms with Crippen LogP contribution in [-0.2, 0) is 0 Å². The number of anilines is 1. The third kappa shape index (κ3) is 4.86. The van der Waals surface area contributed by atoms with Gasteiger partial charge in [-0.3, -0.25) is 14.9 Å². The molecule has 11 heteroatoms. The Morgan fingerprint density at radius 2 is 2.00 bits per heavy atom. The van der Waals surface area contributed by atoms with Gasteiger partial charge in [0.25, 0.3) is 11.6 Å². The highest BCUT2D eigenvalue weighted by atomic mass is 35.5. The number of thiazole rings is 1. The highest BCUT2D eigenvalue weighted by molar-refractivity contribution is 7.12. The van der Waals surface area contributed by atoms with Crippen LogP contribution in [-0.4, -0.2) is 32.2 Å². The van der Waals surface area contributed by atoms with E-state index in [1.807, 2.05) is 36.6 Å². The molecule has 2 aromatic carbocycles. The van der Waals surface area contributed by atoms with Crippen molar-refractivity contribution in [1.29, 1.82) is 0 Å². The molecular weight excluding hydrogens is 466 g/mol. The van der Waals surface area contributed by atoms with Gasteiger partial charge in [0.05, 0.1) is 22.9 Å². The molecule has 4 rings (SSSR count). The summed E-state index contributed by atoms with van der Waals surface area (Å²) in [6.45, 7) is 4.31. The number of carbonyl (C=O) groups is 1. The monoisotopic (exact) mass is 483 g/mol. The lowest BCUT2D eigenvalue weighted by atomic mass is 10.2. The molecule has 0 aliphatic heterocycles. The predicted molar refractivity (Wildman–Crippen MR) is 127 cm³/mol. The third-order valence-electron chi connectivity index (χ3n) is 4.61. The van der Waals surface area contributed by atoms with Gasteiger partial charge in [-0.15, -0.1) is 11.3 Å². The van der Waals surface area contributed by atoms with Crippen molar-refractivity contribution < 1.29 is 14.5 Å². The molecule has 33 heavy (non-hydrogen) atoms. The van der Waals surface area contributed by atoms with Gasteiger partial charge in [0.2, 0.25) is 5.13 Å². The summed E-state index contributed by atoms with van der Waals surface area (Å²) < 4.78 is 7.00. The average Bonchev–Trinajstić information content (AvgIpc) is 3.41. The van der Waals surface area contributed by atoms with Crippen LogP contribution in [0, 0.1) is 17.0 Å². The first-order valence-corrected chi connectivity index (χ1v) is 11.1. The number of nitro groups is 1. The van der Waals surface area contributed by atoms with Gasteiger partial charge in [-0.2, -0.15) is 9.78 Å². The van der Waals surface area contributed by atoms with Crippen molar-refractivity contribution in [3.8, 4) is 22.1 Å². The number of rotatable bonds is 7. The number of hydrogen-bond acceptors (Lipinski definition) is 7. The summed E-state index contributed by atoms with van der Waals surface area (Å²) in [6, 6.07) is 13.2. The van der Waals surface area contributed by atoms with Gasteiger partial charge in [0.1, 0.15) is 16.6 Å². The molecule has 0 atom stereocenters. The Bertz CT molecular complexity index is 1330. The van der Waals surface area contributed by atoms with E-state index in [0.717, 1.165) is 23.1 Å². The molecule has 0 saturated carbocycles. The van der Waals surface area contributed by atoms with Crippen LogP contribution in [0.3, 0.4) is 0 Å². The number of nitrogens with zero attached hydrogens (tertiary/aromatic N) is 4. The molecule has 0 unspecified atom stereocenters. The average molecular weight is 484 g/mol. The number of amides is 1. The molecule has 9 nitrogen and oxygen atoms in total. The van der Waals surface area contributed by atoms with Gasteiger partial charge >= 0.3 is 0 Å². The van der Waals surface area contributed by atoms with Gasteiger partial charge in [0, 0.05) is 28.6 Å². The standard InChI is InChI=1S/C22H18ClN5O4S/c1-3-32-16-7-4-14(5-8-16)18-12-33-22(24-18)27-20(10-13(2)26-27)25-21(29)15-6-9-17(23)19(11-15)28(30)31/h4-12H,3H2,1-2H3,(H,25,29). The van der Waals surface area contributed by atoms with E-state index in [1.54, 1.807) is 13.0 Å². The van der Waals surface area contributed by atoms with E-state index in [9.17, 15) is 14.9 Å². The van der Waals surface area contributed by atoms with Crippen molar-refractivity contribution in [2.75, 3.05) is 11.9 Å². The minimum absolute atomic E-state index is 0.0398. The molecule has 0 fully saturated rings. The number of halogens is 1. The summed E-state index contributed by atoms with van der Waals surface area (Å²) >= 11 is 7.21. The molecule has 0 spiro atoms. The summed E-state index contributed by atoms with van der Waals surface area (Å²) in [5.41, 5.74) is 2.12. The molecule has 0 bridgehead atoms. The summed E-state index contributed by atoms with van der Waals surface area (Å²) in [7, 11) is 0. The summed E-state index contributed by atoms with van der Waals surface area (Å²) in [4.78, 5) is 27.9. The highest BCUT2D eigenvalue weighted by Crippen LogP contribution is 2.29. The number of hydrogen-bond donors (Lipinski definition) is 1. The lowest BCUT2D eigenvalue weighted by molar-refractivity contribution is -0.384. The van der Waals surface area contributed by atoms with E-state index < -0.39 is 10.8 Å². The number of aromatic nitrogens is 3. The normalized spacial score (nSPS) is 10.8. The topological polar surface area (TPSA) is 112 Å². The van der Waals surface area contributed by atoms with E-state index in [4.69, 9.17) is 16.3 Å². The molecular formula is C22H18ClN5O4S. The van der Waals surface area contributed by atoms with Crippen LogP contribution in [0.15, 0.2) is 53.9 Å². The van der Waals surface area contributed by atoms with E-state index in [1.165, 1.54) is 28.2 Å². The largest absolute Gasteiger partial charge is 0.494 e. The van der Waals surface area contributed by atoms with E-state index in [2.05, 4.69) is 15.4 Å². The summed E-state index contributed by atoms with van der Waals surface area (Å²) in [5.74, 6) is 0.647. The quantitative estimate of drug-likeness (QED) is 0.273. The van der Waals surface area contributed by atoms with Crippen LogP contribution in [0.1, 0.15) is 23.0 Å². The zero-order valence-corrected chi connectivity index (χ0v) is 19.2. The molecule has 0 radical (unpaired) electrons. The van der Waals surface area contributed by atoms with Crippen molar-refractivity contribution in [3.05, 3.63) is 80.3 Å². The first-order valence-electron chi connectivity index (χ1n) is 9.87.